The fourth-order valence-electron chi connectivity index (χ4n) is 3.41. The van der Waals surface area contributed by atoms with Crippen LogP contribution in [0, 0.1) is 5.82 Å². The Morgan fingerprint density at radius 3 is 2.12 bits per heavy atom. The Labute approximate surface area is 148 Å². The third kappa shape index (κ3) is 4.38. The van der Waals surface area contributed by atoms with Crippen molar-refractivity contribution >= 4 is 5.91 Å². The third-order valence-electron chi connectivity index (χ3n) is 4.88. The number of amides is 1. The molecule has 1 fully saturated rings. The van der Waals surface area contributed by atoms with Crippen molar-refractivity contribution in [1.82, 2.24) is 4.90 Å². The van der Waals surface area contributed by atoms with Crippen molar-refractivity contribution in [2.75, 3.05) is 20.2 Å². The topological polar surface area (TPSA) is 29.5 Å². The van der Waals surface area contributed by atoms with Gasteiger partial charge in [0, 0.05) is 25.4 Å². The van der Waals surface area contributed by atoms with E-state index in [0.29, 0.717) is 6.42 Å². The van der Waals surface area contributed by atoms with E-state index in [1.54, 1.807) is 19.2 Å². The standard InChI is InChI=1S/C21H24FNO2/c1-25-19-11-7-17(8-12-19)20(16-5-9-18(22)10-6-16)15-21(24)23-13-3-2-4-14-23/h5-12,20H,2-4,13-15H2,1H3/t20-/m1/s1. The Balaban J connectivity index is 1.85. The van der Waals surface area contributed by atoms with Gasteiger partial charge in [-0.25, -0.2) is 4.39 Å². The second kappa shape index (κ2) is 8.15. The number of piperidine rings is 1. The fraction of sp³-hybridized carbons (Fsp3) is 0.381. The molecular weight excluding hydrogens is 317 g/mol. The fourth-order valence-corrected chi connectivity index (χ4v) is 3.41. The number of ether oxygens (including phenoxy) is 1. The van der Waals surface area contributed by atoms with Crippen LogP contribution in [-0.4, -0.2) is 31.0 Å². The smallest absolute Gasteiger partial charge is 0.223 e. The summed E-state index contributed by atoms with van der Waals surface area (Å²) in [6.45, 7) is 1.69. The minimum Gasteiger partial charge on any atom is -0.497 e. The van der Waals surface area contributed by atoms with Gasteiger partial charge in [0.1, 0.15) is 11.6 Å². The summed E-state index contributed by atoms with van der Waals surface area (Å²) < 4.78 is 18.5. The van der Waals surface area contributed by atoms with Gasteiger partial charge < -0.3 is 9.64 Å². The van der Waals surface area contributed by atoms with E-state index < -0.39 is 0 Å². The van der Waals surface area contributed by atoms with E-state index in [1.165, 1.54) is 18.6 Å². The molecule has 0 unspecified atom stereocenters. The maximum atomic E-state index is 13.3. The van der Waals surface area contributed by atoms with Crippen LogP contribution < -0.4 is 4.74 Å². The number of carbonyl (C=O) groups excluding carboxylic acids is 1. The number of likely N-dealkylation sites (tertiary alicyclic amines) is 1. The molecule has 0 radical (unpaired) electrons. The predicted octanol–water partition coefficient (Wildman–Crippen LogP) is 4.37. The zero-order valence-corrected chi connectivity index (χ0v) is 14.6. The van der Waals surface area contributed by atoms with Crippen molar-refractivity contribution < 1.29 is 13.9 Å². The molecule has 1 amide bonds. The number of hydrogen-bond acceptors (Lipinski definition) is 2. The summed E-state index contributed by atoms with van der Waals surface area (Å²) in [5.74, 6) is 0.606. The number of benzene rings is 2. The van der Waals surface area contributed by atoms with E-state index in [0.717, 1.165) is 42.8 Å². The number of rotatable bonds is 5. The van der Waals surface area contributed by atoms with Crippen molar-refractivity contribution in [3.63, 3.8) is 0 Å². The summed E-state index contributed by atoms with van der Waals surface area (Å²) in [6, 6.07) is 14.2. The number of halogens is 1. The molecule has 3 rings (SSSR count). The van der Waals surface area contributed by atoms with Gasteiger partial charge in [0.25, 0.3) is 0 Å². The lowest BCUT2D eigenvalue weighted by Gasteiger charge is -2.29. The molecule has 0 N–H and O–H groups in total. The lowest BCUT2D eigenvalue weighted by atomic mass is 9.88. The van der Waals surface area contributed by atoms with Crippen LogP contribution in [0.2, 0.25) is 0 Å². The molecule has 2 aromatic carbocycles. The number of methoxy groups -OCH3 is 1. The molecule has 0 aliphatic carbocycles. The molecule has 1 heterocycles. The second-order valence-corrected chi connectivity index (χ2v) is 6.52. The van der Waals surface area contributed by atoms with Crippen LogP contribution in [0.25, 0.3) is 0 Å². The normalized spacial score (nSPS) is 15.7. The highest BCUT2D eigenvalue weighted by atomic mass is 19.1. The number of hydrogen-bond donors (Lipinski definition) is 0. The highest BCUT2D eigenvalue weighted by Crippen LogP contribution is 2.30. The molecule has 25 heavy (non-hydrogen) atoms. The van der Waals surface area contributed by atoms with Crippen molar-refractivity contribution in [3.8, 4) is 5.75 Å². The first-order chi connectivity index (χ1) is 12.2. The summed E-state index contributed by atoms with van der Waals surface area (Å²) >= 11 is 0. The van der Waals surface area contributed by atoms with Crippen LogP contribution in [0.3, 0.4) is 0 Å². The molecule has 0 bridgehead atoms. The Hall–Kier alpha value is -2.36. The molecule has 1 aliphatic rings. The summed E-state index contributed by atoms with van der Waals surface area (Å²) in [5, 5.41) is 0. The molecule has 1 aliphatic heterocycles. The molecule has 132 valence electrons. The maximum Gasteiger partial charge on any atom is 0.223 e. The van der Waals surface area contributed by atoms with Crippen molar-refractivity contribution in [2.45, 2.75) is 31.6 Å². The summed E-state index contributed by atoms with van der Waals surface area (Å²) in [7, 11) is 1.63. The predicted molar refractivity (Wildman–Crippen MR) is 96.3 cm³/mol. The van der Waals surface area contributed by atoms with Gasteiger partial charge in [0.2, 0.25) is 5.91 Å². The Bertz CT molecular complexity index is 691. The molecule has 0 spiro atoms. The highest BCUT2D eigenvalue weighted by molar-refractivity contribution is 5.78. The monoisotopic (exact) mass is 341 g/mol. The van der Waals surface area contributed by atoms with Crippen LogP contribution in [-0.2, 0) is 4.79 Å². The molecular formula is C21H24FNO2. The number of nitrogens with zero attached hydrogens (tertiary/aromatic N) is 1. The number of carbonyl (C=O) groups is 1. The van der Waals surface area contributed by atoms with Gasteiger partial charge in [-0.05, 0) is 54.7 Å². The van der Waals surface area contributed by atoms with E-state index >= 15 is 0 Å². The van der Waals surface area contributed by atoms with E-state index in [-0.39, 0.29) is 17.6 Å². The lowest BCUT2D eigenvalue weighted by Crippen LogP contribution is -2.36. The van der Waals surface area contributed by atoms with Gasteiger partial charge in [0.15, 0.2) is 0 Å². The average molecular weight is 341 g/mol. The van der Waals surface area contributed by atoms with Gasteiger partial charge in [0.05, 0.1) is 7.11 Å². The molecule has 4 heteroatoms. The highest BCUT2D eigenvalue weighted by Gasteiger charge is 2.23. The van der Waals surface area contributed by atoms with E-state index in [2.05, 4.69) is 0 Å². The van der Waals surface area contributed by atoms with E-state index in [4.69, 9.17) is 4.74 Å². The summed E-state index contributed by atoms with van der Waals surface area (Å²) in [4.78, 5) is 14.7. The maximum absolute atomic E-state index is 13.3. The van der Waals surface area contributed by atoms with E-state index in [1.807, 2.05) is 29.2 Å². The van der Waals surface area contributed by atoms with Crippen LogP contribution in [0.15, 0.2) is 48.5 Å². The van der Waals surface area contributed by atoms with Gasteiger partial charge in [-0.1, -0.05) is 24.3 Å². The van der Waals surface area contributed by atoms with Gasteiger partial charge in [-0.15, -0.1) is 0 Å². The molecule has 0 aromatic heterocycles. The average Bonchev–Trinajstić information content (AvgIpc) is 2.67. The van der Waals surface area contributed by atoms with Gasteiger partial charge in [-0.2, -0.15) is 0 Å². The lowest BCUT2D eigenvalue weighted by molar-refractivity contribution is -0.132. The van der Waals surface area contributed by atoms with Gasteiger partial charge in [-0.3, -0.25) is 4.79 Å². The molecule has 3 nitrogen and oxygen atoms in total. The quantitative estimate of drug-likeness (QED) is 0.808. The van der Waals surface area contributed by atoms with Crippen molar-refractivity contribution in [1.29, 1.82) is 0 Å². The van der Waals surface area contributed by atoms with Crippen molar-refractivity contribution in [2.24, 2.45) is 0 Å². The Kier molecular flexibility index (Phi) is 5.69. The first kappa shape index (κ1) is 17.5. The van der Waals surface area contributed by atoms with Gasteiger partial charge >= 0.3 is 0 Å². The zero-order valence-electron chi connectivity index (χ0n) is 14.6. The minimum atomic E-state index is -0.264. The Morgan fingerprint density at radius 2 is 1.56 bits per heavy atom. The zero-order chi connectivity index (χ0) is 17.6. The third-order valence-corrected chi connectivity index (χ3v) is 4.88. The molecule has 2 aromatic rings. The largest absolute Gasteiger partial charge is 0.497 e. The van der Waals surface area contributed by atoms with Crippen LogP contribution >= 0.6 is 0 Å². The van der Waals surface area contributed by atoms with Crippen LogP contribution in [0.1, 0.15) is 42.7 Å². The minimum absolute atomic E-state index is 0.0825. The first-order valence-electron chi connectivity index (χ1n) is 8.84. The summed E-state index contributed by atoms with van der Waals surface area (Å²) in [6.07, 6.45) is 3.76. The second-order valence-electron chi connectivity index (χ2n) is 6.52. The summed E-state index contributed by atoms with van der Waals surface area (Å²) in [5.41, 5.74) is 2.00. The molecule has 1 atom stereocenters. The first-order valence-corrected chi connectivity index (χ1v) is 8.84. The Morgan fingerprint density at radius 1 is 1.00 bits per heavy atom. The van der Waals surface area contributed by atoms with Crippen molar-refractivity contribution in [3.05, 3.63) is 65.5 Å². The molecule has 0 saturated carbocycles. The SMILES string of the molecule is COc1ccc([C@H](CC(=O)N2CCCCC2)c2ccc(F)cc2)cc1. The van der Waals surface area contributed by atoms with Crippen LogP contribution in [0.5, 0.6) is 5.75 Å². The van der Waals surface area contributed by atoms with Crippen LogP contribution in [0.4, 0.5) is 4.39 Å². The molecule has 1 saturated heterocycles. The van der Waals surface area contributed by atoms with E-state index in [9.17, 15) is 9.18 Å².